The number of nitrogens with one attached hydrogen (secondary N) is 2. The second-order valence-electron chi connectivity index (χ2n) is 8.70. The van der Waals surface area contributed by atoms with Crippen LogP contribution in [0.25, 0.3) is 11.1 Å². The zero-order valence-corrected chi connectivity index (χ0v) is 20.8. The zero-order chi connectivity index (χ0) is 27.1. The van der Waals surface area contributed by atoms with Gasteiger partial charge in [0, 0.05) is 11.8 Å². The summed E-state index contributed by atoms with van der Waals surface area (Å²) in [6.07, 6.45) is 1.25. The number of anilines is 1. The van der Waals surface area contributed by atoms with Crippen molar-refractivity contribution in [1.82, 2.24) is 20.2 Å². The molecular weight excluding hydrogens is 530 g/mol. The molecule has 2 atom stereocenters. The van der Waals surface area contributed by atoms with Crippen molar-refractivity contribution in [2.75, 3.05) is 18.5 Å². The molecule has 0 saturated carbocycles. The Morgan fingerprint density at radius 2 is 1.97 bits per heavy atom. The molecular formula is C25H19N5O8S. The molecule has 2 aromatic heterocycles. The Morgan fingerprint density at radius 3 is 2.77 bits per heavy atom. The largest absolute Gasteiger partial charge is 0.486 e. The number of benzene rings is 2. The number of oxazole rings is 1. The number of ether oxygens (including phenoxy) is 2. The van der Waals surface area contributed by atoms with Crippen LogP contribution in [0.1, 0.15) is 27.7 Å². The van der Waals surface area contributed by atoms with Crippen LogP contribution in [0, 0.1) is 0 Å². The number of aromatic nitrogens is 2. The normalized spacial score (nSPS) is 17.2. The third-order valence-electron chi connectivity index (χ3n) is 6.26. The number of carbonyl (C=O) groups is 4. The number of urea groups is 1. The second-order valence-corrected chi connectivity index (χ2v) is 9.56. The first-order chi connectivity index (χ1) is 18.9. The van der Waals surface area contributed by atoms with Crippen molar-refractivity contribution in [2.45, 2.75) is 18.5 Å². The lowest BCUT2D eigenvalue weighted by molar-refractivity contribution is -0.134. The molecule has 2 unspecified atom stereocenters. The van der Waals surface area contributed by atoms with Gasteiger partial charge in [-0.1, -0.05) is 12.1 Å². The fraction of sp³-hybridized carbons (Fsp3) is 0.200. The number of fused-ring (bicyclic) bond motifs is 2. The van der Waals surface area contributed by atoms with E-state index in [9.17, 15) is 19.2 Å². The van der Waals surface area contributed by atoms with Gasteiger partial charge in [0.25, 0.3) is 5.91 Å². The number of carboxylic acid groups (broad SMARTS) is 1. The van der Waals surface area contributed by atoms with Crippen LogP contribution in [0.3, 0.4) is 0 Å². The van der Waals surface area contributed by atoms with Gasteiger partial charge in [-0.2, -0.15) is 0 Å². The van der Waals surface area contributed by atoms with E-state index < -0.39 is 35.9 Å². The van der Waals surface area contributed by atoms with E-state index >= 15 is 0 Å². The molecule has 0 radical (unpaired) electrons. The summed E-state index contributed by atoms with van der Waals surface area (Å²) in [6.45, 7) is 0.759. The number of hydrogen-bond donors (Lipinski definition) is 3. The van der Waals surface area contributed by atoms with E-state index in [0.717, 1.165) is 16.2 Å². The van der Waals surface area contributed by atoms with Gasteiger partial charge in [-0.3, -0.25) is 9.59 Å². The lowest BCUT2D eigenvalue weighted by atomic mass is 10.0. The Labute approximate surface area is 223 Å². The number of imide groups is 1. The topological polar surface area (TPSA) is 173 Å². The van der Waals surface area contributed by atoms with Crippen LogP contribution in [-0.2, 0) is 16.0 Å². The molecule has 1 fully saturated rings. The summed E-state index contributed by atoms with van der Waals surface area (Å²) in [7, 11) is 0. The van der Waals surface area contributed by atoms with Gasteiger partial charge in [0.15, 0.2) is 34.3 Å². The van der Waals surface area contributed by atoms with Crippen molar-refractivity contribution < 1.29 is 38.2 Å². The fourth-order valence-corrected chi connectivity index (χ4v) is 5.11. The van der Waals surface area contributed by atoms with Gasteiger partial charge in [-0.05, 0) is 35.4 Å². The second kappa shape index (κ2) is 9.72. The van der Waals surface area contributed by atoms with Crippen LogP contribution in [0.2, 0.25) is 0 Å². The third-order valence-corrected chi connectivity index (χ3v) is 7.02. The molecule has 14 heteroatoms. The molecule has 2 aromatic carbocycles. The van der Waals surface area contributed by atoms with Crippen molar-refractivity contribution in [3.8, 4) is 11.5 Å². The molecule has 4 aromatic rings. The van der Waals surface area contributed by atoms with Gasteiger partial charge in [-0.25, -0.2) is 24.5 Å². The van der Waals surface area contributed by atoms with E-state index in [0.29, 0.717) is 46.9 Å². The van der Waals surface area contributed by atoms with Crippen molar-refractivity contribution in [1.29, 1.82) is 0 Å². The number of hydrogen-bond acceptors (Lipinski definition) is 10. The Kier molecular flexibility index (Phi) is 6.07. The maximum Gasteiger partial charge on any atom is 0.355 e. The van der Waals surface area contributed by atoms with Gasteiger partial charge < -0.3 is 29.6 Å². The number of rotatable bonds is 7. The summed E-state index contributed by atoms with van der Waals surface area (Å²) in [5, 5.41) is 15.6. The number of aromatic carboxylic acids is 1. The minimum atomic E-state index is -1.29. The van der Waals surface area contributed by atoms with Crippen molar-refractivity contribution >= 4 is 51.4 Å². The summed E-state index contributed by atoms with van der Waals surface area (Å²) in [5.74, 6) is -1.62. The molecule has 13 nitrogen and oxygen atoms in total. The molecule has 0 bridgehead atoms. The summed E-state index contributed by atoms with van der Waals surface area (Å²) in [6, 6.07) is 6.91. The van der Waals surface area contributed by atoms with Gasteiger partial charge in [0.2, 0.25) is 5.91 Å². The first-order valence-corrected chi connectivity index (χ1v) is 12.6. The lowest BCUT2D eigenvalue weighted by Gasteiger charge is -2.24. The molecule has 3 N–H and O–H groups in total. The van der Waals surface area contributed by atoms with E-state index in [4.69, 9.17) is 19.0 Å². The van der Waals surface area contributed by atoms with E-state index in [1.165, 1.54) is 11.8 Å². The smallest absolute Gasteiger partial charge is 0.355 e. The quantitative estimate of drug-likeness (QED) is 0.291. The summed E-state index contributed by atoms with van der Waals surface area (Å²) in [4.78, 5) is 60.3. The highest BCUT2D eigenvalue weighted by atomic mass is 32.1. The average molecular weight is 550 g/mol. The molecule has 6 rings (SSSR count). The SMILES string of the molecule is O=C(O)c1csc(NC(=O)C(Cc2ccc3ocnc3c2)N2C(=O)NC(c3ccc4c(c3)OCCO4)C2=O)n1. The minimum absolute atomic E-state index is 0.0183. The monoisotopic (exact) mass is 549 g/mol. The van der Waals surface area contributed by atoms with E-state index in [1.807, 2.05) is 0 Å². The summed E-state index contributed by atoms with van der Waals surface area (Å²) >= 11 is 0.912. The molecule has 2 aliphatic heterocycles. The van der Waals surface area contributed by atoms with Crippen LogP contribution >= 0.6 is 11.3 Å². The summed E-state index contributed by atoms with van der Waals surface area (Å²) in [5.41, 5.74) is 1.93. The first-order valence-electron chi connectivity index (χ1n) is 11.7. The highest BCUT2D eigenvalue weighted by Gasteiger charge is 2.45. The van der Waals surface area contributed by atoms with Crippen LogP contribution < -0.4 is 20.1 Å². The maximum absolute atomic E-state index is 13.6. The van der Waals surface area contributed by atoms with Crippen molar-refractivity contribution in [3.63, 3.8) is 0 Å². The Hall–Kier alpha value is -4.98. The number of carbonyl (C=O) groups excluding carboxylic acids is 3. The Bertz CT molecular complexity index is 1630. The number of amides is 4. The van der Waals surface area contributed by atoms with Crippen LogP contribution in [-0.4, -0.2) is 63.0 Å². The van der Waals surface area contributed by atoms with Gasteiger partial charge in [0.1, 0.15) is 30.8 Å². The zero-order valence-electron chi connectivity index (χ0n) is 19.9. The Balaban J connectivity index is 1.31. The molecule has 198 valence electrons. The average Bonchev–Trinajstić information content (AvgIpc) is 3.66. The predicted molar refractivity (Wildman–Crippen MR) is 135 cm³/mol. The first kappa shape index (κ1) is 24.4. The fourth-order valence-electron chi connectivity index (χ4n) is 4.43. The van der Waals surface area contributed by atoms with Gasteiger partial charge >= 0.3 is 12.0 Å². The van der Waals surface area contributed by atoms with Crippen molar-refractivity contribution in [2.24, 2.45) is 0 Å². The minimum Gasteiger partial charge on any atom is -0.486 e. The lowest BCUT2D eigenvalue weighted by Crippen LogP contribution is -2.49. The van der Waals surface area contributed by atoms with E-state index in [2.05, 4.69) is 20.6 Å². The molecule has 39 heavy (non-hydrogen) atoms. The molecule has 0 aliphatic carbocycles. The highest BCUT2D eigenvalue weighted by molar-refractivity contribution is 7.14. The van der Waals surface area contributed by atoms with E-state index in [-0.39, 0.29) is 17.2 Å². The standard InChI is InChI=1S/C25H19N5O8S/c31-21(29-24-27-15(10-39-24)23(33)34)16(8-12-1-3-17-14(7-12)26-11-38-17)30-22(32)20(28-25(30)35)13-2-4-18-19(9-13)37-6-5-36-18/h1-4,7,9-11,16,20H,5-6,8H2,(H,28,35)(H,33,34)(H,27,29,31). The Morgan fingerprint density at radius 1 is 1.15 bits per heavy atom. The third kappa shape index (κ3) is 4.61. The summed E-state index contributed by atoms with van der Waals surface area (Å²) < 4.78 is 16.4. The molecule has 4 heterocycles. The number of nitrogens with zero attached hydrogens (tertiary/aromatic N) is 3. The molecule has 1 saturated heterocycles. The van der Waals surface area contributed by atoms with Gasteiger partial charge in [-0.15, -0.1) is 11.3 Å². The number of carboxylic acids is 1. The highest BCUT2D eigenvalue weighted by Crippen LogP contribution is 2.35. The molecule has 0 spiro atoms. The van der Waals surface area contributed by atoms with Crippen LogP contribution in [0.15, 0.2) is 52.6 Å². The maximum atomic E-state index is 13.6. The van der Waals surface area contributed by atoms with Crippen LogP contribution in [0.4, 0.5) is 9.93 Å². The van der Waals surface area contributed by atoms with Crippen molar-refractivity contribution in [3.05, 3.63) is 65.0 Å². The van der Waals surface area contributed by atoms with E-state index in [1.54, 1.807) is 36.4 Å². The van der Waals surface area contributed by atoms with Crippen LogP contribution in [0.5, 0.6) is 11.5 Å². The van der Waals surface area contributed by atoms with Gasteiger partial charge in [0.05, 0.1) is 0 Å². The molecule has 4 amide bonds. The molecule has 2 aliphatic rings. The number of thiazole rings is 1. The predicted octanol–water partition coefficient (Wildman–Crippen LogP) is 2.60.